The van der Waals surface area contributed by atoms with Crippen LogP contribution in [0.5, 0.6) is 0 Å². The van der Waals surface area contributed by atoms with Crippen molar-refractivity contribution in [1.82, 2.24) is 0 Å². The van der Waals surface area contributed by atoms with Crippen LogP contribution in [0.3, 0.4) is 0 Å². The van der Waals surface area contributed by atoms with Crippen molar-refractivity contribution in [3.8, 4) is 0 Å². The van der Waals surface area contributed by atoms with Gasteiger partial charge in [0, 0.05) is 14.2 Å². The van der Waals surface area contributed by atoms with Gasteiger partial charge in [-0.2, -0.15) is 0 Å². The first-order valence-electron chi connectivity index (χ1n) is 6.63. The molecule has 0 saturated carbocycles. The van der Waals surface area contributed by atoms with Gasteiger partial charge in [-0.3, -0.25) is 4.79 Å². The molecule has 0 N–H and O–H groups in total. The molecule has 0 fully saturated rings. The lowest BCUT2D eigenvalue weighted by Gasteiger charge is -2.47. The molecule has 2 bridgehead atoms. The summed E-state index contributed by atoms with van der Waals surface area (Å²) < 4.78 is 20.1. The lowest BCUT2D eigenvalue weighted by atomic mass is 9.63. The average Bonchev–Trinajstić information content (AvgIpc) is 2.54. The van der Waals surface area contributed by atoms with E-state index in [0.717, 1.165) is 0 Å². The second-order valence-electron chi connectivity index (χ2n) is 5.07. The summed E-state index contributed by atoms with van der Waals surface area (Å²) in [5, 5.41) is 0. The van der Waals surface area contributed by atoms with Crippen molar-refractivity contribution < 1.29 is 33.3 Å². The van der Waals surface area contributed by atoms with Crippen LogP contribution in [0.1, 0.15) is 6.92 Å². The van der Waals surface area contributed by atoms with Crippen LogP contribution in [-0.4, -0.2) is 51.9 Å². The van der Waals surface area contributed by atoms with E-state index in [0.29, 0.717) is 5.57 Å². The van der Waals surface area contributed by atoms with Crippen molar-refractivity contribution >= 4 is 17.7 Å². The van der Waals surface area contributed by atoms with Gasteiger partial charge < -0.3 is 18.9 Å². The van der Waals surface area contributed by atoms with Crippen molar-refractivity contribution in [3.63, 3.8) is 0 Å². The molecule has 3 aliphatic rings. The second-order valence-corrected chi connectivity index (χ2v) is 5.07. The van der Waals surface area contributed by atoms with Gasteiger partial charge in [0.15, 0.2) is 0 Å². The van der Waals surface area contributed by atoms with Crippen LogP contribution in [0.4, 0.5) is 0 Å². The van der Waals surface area contributed by atoms with Crippen molar-refractivity contribution in [2.24, 2.45) is 11.8 Å². The third-order valence-electron chi connectivity index (χ3n) is 4.20. The monoisotopic (exact) mass is 310 g/mol. The zero-order chi connectivity index (χ0) is 16.7. The number of rotatable bonds is 4. The molecule has 7 nitrogen and oxygen atoms in total. The summed E-state index contributed by atoms with van der Waals surface area (Å²) in [5.74, 6) is -5.37. The van der Waals surface area contributed by atoms with E-state index < -0.39 is 35.3 Å². The fraction of sp³-hybridized carbons (Fsp3) is 0.533. The number of allylic oxidation sites excluding steroid dienone is 1. The average molecular weight is 310 g/mol. The number of hydrogen-bond acceptors (Lipinski definition) is 7. The lowest BCUT2D eigenvalue weighted by molar-refractivity contribution is -0.227. The highest BCUT2D eigenvalue weighted by atomic mass is 16.7. The fourth-order valence-electron chi connectivity index (χ4n) is 3.25. The maximum Gasteiger partial charge on any atom is 0.335 e. The van der Waals surface area contributed by atoms with Gasteiger partial charge in [0.05, 0.1) is 37.2 Å². The van der Waals surface area contributed by atoms with Crippen LogP contribution in [0.2, 0.25) is 0 Å². The minimum atomic E-state index is -1.65. The van der Waals surface area contributed by atoms with E-state index in [4.69, 9.17) is 18.9 Å². The van der Waals surface area contributed by atoms with E-state index >= 15 is 0 Å². The molecule has 120 valence electrons. The molecule has 0 heterocycles. The van der Waals surface area contributed by atoms with Crippen molar-refractivity contribution in [2.45, 2.75) is 12.7 Å². The van der Waals surface area contributed by atoms with Crippen LogP contribution < -0.4 is 0 Å². The molecule has 22 heavy (non-hydrogen) atoms. The molecule has 3 aliphatic carbocycles. The summed E-state index contributed by atoms with van der Waals surface area (Å²) in [6, 6.07) is 0. The summed E-state index contributed by atoms with van der Waals surface area (Å²) in [5.41, 5.74) is 0.726. The van der Waals surface area contributed by atoms with Crippen molar-refractivity contribution in [2.75, 3.05) is 28.4 Å². The van der Waals surface area contributed by atoms with Crippen LogP contribution in [0.15, 0.2) is 22.8 Å². The highest BCUT2D eigenvalue weighted by molar-refractivity contribution is 6.12. The molecule has 2 atom stereocenters. The number of hydrogen-bond donors (Lipinski definition) is 0. The van der Waals surface area contributed by atoms with E-state index in [-0.39, 0.29) is 11.1 Å². The summed E-state index contributed by atoms with van der Waals surface area (Å²) in [4.78, 5) is 37.0. The maximum absolute atomic E-state index is 12.7. The normalized spacial score (nSPS) is 25.9. The van der Waals surface area contributed by atoms with E-state index in [2.05, 4.69) is 0 Å². The summed E-state index contributed by atoms with van der Waals surface area (Å²) >= 11 is 0. The van der Waals surface area contributed by atoms with E-state index in [1.165, 1.54) is 28.4 Å². The van der Waals surface area contributed by atoms with Gasteiger partial charge >= 0.3 is 11.9 Å². The van der Waals surface area contributed by atoms with E-state index in [9.17, 15) is 14.4 Å². The van der Waals surface area contributed by atoms with Gasteiger partial charge in [0.1, 0.15) is 0 Å². The molecule has 0 spiro atoms. The standard InChI is InChI=1S/C15H18O7/c1-7-6-8-9(13(17)19-2)10(14(18)20-3)11(7)15(21-4,22-5)12(8)16/h6,8,11H,1-5H3/t8-,11+/m0/s1. The van der Waals surface area contributed by atoms with Crippen molar-refractivity contribution in [1.29, 1.82) is 0 Å². The van der Waals surface area contributed by atoms with Gasteiger partial charge in [-0.25, -0.2) is 9.59 Å². The first-order valence-corrected chi connectivity index (χ1v) is 6.63. The van der Waals surface area contributed by atoms with Gasteiger partial charge in [-0.05, 0) is 6.92 Å². The number of ether oxygens (including phenoxy) is 4. The Morgan fingerprint density at radius 2 is 1.50 bits per heavy atom. The molecule has 0 aromatic heterocycles. The molecular weight excluding hydrogens is 292 g/mol. The van der Waals surface area contributed by atoms with Gasteiger partial charge in [-0.1, -0.05) is 11.6 Å². The summed E-state index contributed by atoms with van der Waals surface area (Å²) in [7, 11) is 5.03. The van der Waals surface area contributed by atoms with Crippen LogP contribution in [-0.2, 0) is 33.3 Å². The molecule has 3 rings (SSSR count). The first kappa shape index (κ1) is 16.4. The highest BCUT2D eigenvalue weighted by Gasteiger charge is 2.62. The predicted molar refractivity (Wildman–Crippen MR) is 73.6 cm³/mol. The van der Waals surface area contributed by atoms with E-state index in [1.807, 2.05) is 0 Å². The quantitative estimate of drug-likeness (QED) is 0.422. The zero-order valence-electron chi connectivity index (χ0n) is 13.1. The number of ketones is 1. The summed E-state index contributed by atoms with van der Waals surface area (Å²) in [6.07, 6.45) is 1.63. The fourth-order valence-corrected chi connectivity index (χ4v) is 3.25. The Bertz CT molecular complexity index is 595. The number of Topliss-reactive ketones (excluding diaryl/α,β-unsaturated/α-hetero) is 1. The van der Waals surface area contributed by atoms with Gasteiger partial charge in [0.2, 0.25) is 11.6 Å². The number of carbonyl (C=O) groups excluding carboxylic acids is 3. The topological polar surface area (TPSA) is 88.1 Å². The number of fused-ring (bicyclic) bond motifs is 1. The lowest BCUT2D eigenvalue weighted by Crippen LogP contribution is -2.60. The Balaban J connectivity index is 2.77. The van der Waals surface area contributed by atoms with Crippen LogP contribution in [0, 0.1) is 11.8 Å². The predicted octanol–water partition coefficient (Wildman–Crippen LogP) is 0.393. The summed E-state index contributed by atoms with van der Waals surface area (Å²) in [6.45, 7) is 1.74. The molecule has 0 unspecified atom stereocenters. The molecule has 0 saturated heterocycles. The smallest absolute Gasteiger partial charge is 0.335 e. The Kier molecular flexibility index (Phi) is 4.21. The Hall–Kier alpha value is -1.99. The van der Waals surface area contributed by atoms with Gasteiger partial charge in [0.25, 0.3) is 0 Å². The third kappa shape index (κ3) is 1.93. The maximum atomic E-state index is 12.7. The largest absolute Gasteiger partial charge is 0.466 e. The number of methoxy groups -OCH3 is 4. The highest BCUT2D eigenvalue weighted by Crippen LogP contribution is 2.50. The minimum absolute atomic E-state index is 0.0142. The zero-order valence-corrected chi connectivity index (χ0v) is 13.1. The Labute approximate surface area is 127 Å². The molecular formula is C15H18O7. The molecule has 0 aromatic rings. The molecule has 7 heteroatoms. The van der Waals surface area contributed by atoms with Crippen molar-refractivity contribution in [3.05, 3.63) is 22.8 Å². The number of carbonyl (C=O) groups is 3. The first-order chi connectivity index (χ1) is 10.4. The van der Waals surface area contributed by atoms with Crippen LogP contribution in [0.25, 0.3) is 0 Å². The minimum Gasteiger partial charge on any atom is -0.466 e. The molecule has 0 radical (unpaired) electrons. The third-order valence-corrected chi connectivity index (χ3v) is 4.20. The SMILES string of the molecule is COC(=O)C1=C(C(=O)OC)[C@H]2C(C)=C[C@@H]1C(=O)C2(OC)OC. The second kappa shape index (κ2) is 5.66. The van der Waals surface area contributed by atoms with Gasteiger partial charge in [-0.15, -0.1) is 0 Å². The number of esters is 2. The molecule has 0 aromatic carbocycles. The van der Waals surface area contributed by atoms with Crippen LogP contribution >= 0.6 is 0 Å². The Morgan fingerprint density at radius 1 is 1.00 bits per heavy atom. The molecule has 0 aliphatic heterocycles. The van der Waals surface area contributed by atoms with E-state index in [1.54, 1.807) is 13.0 Å². The molecule has 0 amide bonds. The Morgan fingerprint density at radius 3 is 1.95 bits per heavy atom.